The molecule has 1 fully saturated rings. The van der Waals surface area contributed by atoms with Gasteiger partial charge in [0.25, 0.3) is 0 Å². The first kappa shape index (κ1) is 13.1. The number of aromatic nitrogens is 2. The van der Waals surface area contributed by atoms with E-state index in [-0.39, 0.29) is 6.10 Å². The zero-order valence-corrected chi connectivity index (χ0v) is 11.6. The highest BCUT2D eigenvalue weighted by Crippen LogP contribution is 2.42. The molecule has 0 amide bonds. The van der Waals surface area contributed by atoms with Crippen molar-refractivity contribution in [3.05, 3.63) is 41.5 Å². The Morgan fingerprint density at radius 1 is 1.35 bits per heavy atom. The fourth-order valence-electron chi connectivity index (χ4n) is 2.27. The van der Waals surface area contributed by atoms with Crippen LogP contribution < -0.4 is 5.73 Å². The Morgan fingerprint density at radius 2 is 2.10 bits per heavy atom. The van der Waals surface area contributed by atoms with Gasteiger partial charge in [0, 0.05) is 12.3 Å². The van der Waals surface area contributed by atoms with E-state index in [0.717, 1.165) is 11.3 Å². The first-order valence-corrected chi connectivity index (χ1v) is 7.04. The molecule has 1 aromatic heterocycles. The molecule has 20 heavy (non-hydrogen) atoms. The third-order valence-electron chi connectivity index (χ3n) is 3.47. The highest BCUT2D eigenvalue weighted by Gasteiger charge is 2.36. The Balaban J connectivity index is 1.70. The van der Waals surface area contributed by atoms with Gasteiger partial charge in [-0.25, -0.2) is 0 Å². The molecule has 2 aromatic rings. The summed E-state index contributed by atoms with van der Waals surface area (Å²) in [6.07, 6.45) is 2.99. The van der Waals surface area contributed by atoms with Crippen molar-refractivity contribution in [1.29, 1.82) is 0 Å². The molecule has 0 aliphatic heterocycles. The van der Waals surface area contributed by atoms with Crippen molar-refractivity contribution in [3.63, 3.8) is 0 Å². The maximum absolute atomic E-state index is 5.73. The van der Waals surface area contributed by atoms with Crippen molar-refractivity contribution in [2.75, 3.05) is 12.3 Å². The summed E-state index contributed by atoms with van der Waals surface area (Å²) in [5.41, 5.74) is 7.53. The standard InChI is InChI=1S/C15H19N3O2/c1-2-19-14(11-5-6-11)15-17-13(20-18-15)9-10-3-7-12(16)8-4-10/h3-4,7-8,11,14H,2,5-6,9,16H2,1H3. The van der Waals surface area contributed by atoms with E-state index >= 15 is 0 Å². The summed E-state index contributed by atoms with van der Waals surface area (Å²) in [6, 6.07) is 7.69. The molecular weight excluding hydrogens is 254 g/mol. The first-order valence-electron chi connectivity index (χ1n) is 7.04. The molecule has 0 saturated heterocycles. The lowest BCUT2D eigenvalue weighted by Gasteiger charge is -2.10. The minimum absolute atomic E-state index is 0.0103. The van der Waals surface area contributed by atoms with Gasteiger partial charge in [-0.05, 0) is 43.4 Å². The summed E-state index contributed by atoms with van der Waals surface area (Å²) in [5.74, 6) is 1.85. The van der Waals surface area contributed by atoms with E-state index in [9.17, 15) is 0 Å². The average Bonchev–Trinajstić information content (AvgIpc) is 3.19. The summed E-state index contributed by atoms with van der Waals surface area (Å²) in [6.45, 7) is 2.66. The molecule has 1 aromatic carbocycles. The van der Waals surface area contributed by atoms with Crippen LogP contribution in [0.5, 0.6) is 0 Å². The molecule has 2 N–H and O–H groups in total. The van der Waals surface area contributed by atoms with E-state index in [4.69, 9.17) is 15.0 Å². The molecule has 1 saturated carbocycles. The molecule has 1 aliphatic carbocycles. The van der Waals surface area contributed by atoms with E-state index in [1.807, 2.05) is 31.2 Å². The van der Waals surface area contributed by atoms with Gasteiger partial charge in [-0.3, -0.25) is 0 Å². The van der Waals surface area contributed by atoms with E-state index < -0.39 is 0 Å². The number of nitrogens with two attached hydrogens (primary N) is 1. The van der Waals surface area contributed by atoms with Crippen LogP contribution in [-0.2, 0) is 11.2 Å². The third kappa shape index (κ3) is 2.99. The van der Waals surface area contributed by atoms with Gasteiger partial charge in [-0.15, -0.1) is 0 Å². The molecule has 106 valence electrons. The number of ether oxygens (including phenoxy) is 1. The predicted molar refractivity (Wildman–Crippen MR) is 75.0 cm³/mol. The molecule has 0 radical (unpaired) electrons. The predicted octanol–water partition coefficient (Wildman–Crippen LogP) is 2.73. The van der Waals surface area contributed by atoms with Crippen molar-refractivity contribution in [2.45, 2.75) is 32.3 Å². The largest absolute Gasteiger partial charge is 0.399 e. The smallest absolute Gasteiger partial charge is 0.231 e. The summed E-state index contributed by atoms with van der Waals surface area (Å²) >= 11 is 0. The zero-order chi connectivity index (χ0) is 13.9. The minimum Gasteiger partial charge on any atom is -0.399 e. The van der Waals surface area contributed by atoms with Gasteiger partial charge in [0.15, 0.2) is 0 Å². The molecular formula is C15H19N3O2. The molecule has 0 bridgehead atoms. The summed E-state index contributed by atoms with van der Waals surface area (Å²) in [5, 5.41) is 4.07. The molecule has 5 heteroatoms. The maximum atomic E-state index is 5.73. The van der Waals surface area contributed by atoms with Crippen LogP contribution in [-0.4, -0.2) is 16.7 Å². The second-order valence-electron chi connectivity index (χ2n) is 5.18. The molecule has 1 aliphatic rings. The van der Waals surface area contributed by atoms with E-state index in [0.29, 0.717) is 30.7 Å². The molecule has 1 unspecified atom stereocenters. The van der Waals surface area contributed by atoms with Crippen LogP contribution in [0.4, 0.5) is 5.69 Å². The van der Waals surface area contributed by atoms with Crippen LogP contribution in [0.25, 0.3) is 0 Å². The number of hydrogen-bond acceptors (Lipinski definition) is 5. The van der Waals surface area contributed by atoms with Crippen LogP contribution in [0.3, 0.4) is 0 Å². The number of nitrogen functional groups attached to an aromatic ring is 1. The molecule has 5 nitrogen and oxygen atoms in total. The van der Waals surface area contributed by atoms with Gasteiger partial charge >= 0.3 is 0 Å². The summed E-state index contributed by atoms with van der Waals surface area (Å²) in [7, 11) is 0. The lowest BCUT2D eigenvalue weighted by atomic mass is 10.1. The number of benzene rings is 1. The van der Waals surface area contributed by atoms with Crippen molar-refractivity contribution in [1.82, 2.24) is 10.1 Å². The number of hydrogen-bond donors (Lipinski definition) is 1. The van der Waals surface area contributed by atoms with Gasteiger partial charge in [0.05, 0.1) is 6.42 Å². The van der Waals surface area contributed by atoms with Crippen molar-refractivity contribution >= 4 is 5.69 Å². The van der Waals surface area contributed by atoms with Gasteiger partial charge in [-0.1, -0.05) is 17.3 Å². The fraction of sp³-hybridized carbons (Fsp3) is 0.467. The Kier molecular flexibility index (Phi) is 3.69. The summed E-state index contributed by atoms with van der Waals surface area (Å²) < 4.78 is 11.1. The maximum Gasteiger partial charge on any atom is 0.231 e. The Morgan fingerprint density at radius 3 is 2.75 bits per heavy atom. The zero-order valence-electron chi connectivity index (χ0n) is 11.6. The molecule has 0 spiro atoms. The highest BCUT2D eigenvalue weighted by molar-refractivity contribution is 5.39. The van der Waals surface area contributed by atoms with Gasteiger partial charge in [-0.2, -0.15) is 4.98 Å². The number of rotatable bonds is 6. The Hall–Kier alpha value is -1.88. The third-order valence-corrected chi connectivity index (χ3v) is 3.47. The van der Waals surface area contributed by atoms with Gasteiger partial charge in [0.1, 0.15) is 6.10 Å². The average molecular weight is 273 g/mol. The summed E-state index contributed by atoms with van der Waals surface area (Å²) in [4.78, 5) is 4.47. The van der Waals surface area contributed by atoms with Crippen LogP contribution in [0, 0.1) is 5.92 Å². The second kappa shape index (κ2) is 5.63. The van der Waals surface area contributed by atoms with Gasteiger partial charge in [0.2, 0.25) is 11.7 Å². The Bertz CT molecular complexity index is 561. The van der Waals surface area contributed by atoms with E-state index in [2.05, 4.69) is 10.1 Å². The van der Waals surface area contributed by atoms with E-state index in [1.54, 1.807) is 0 Å². The lowest BCUT2D eigenvalue weighted by Crippen LogP contribution is -2.08. The van der Waals surface area contributed by atoms with Crippen molar-refractivity contribution < 1.29 is 9.26 Å². The molecule has 3 rings (SSSR count). The highest BCUT2D eigenvalue weighted by atomic mass is 16.5. The topological polar surface area (TPSA) is 74.2 Å². The SMILES string of the molecule is CCOC(c1noc(Cc2ccc(N)cc2)n1)C1CC1. The molecule has 1 heterocycles. The normalized spacial score (nSPS) is 16.2. The quantitative estimate of drug-likeness (QED) is 0.819. The van der Waals surface area contributed by atoms with Crippen LogP contribution in [0.2, 0.25) is 0 Å². The number of anilines is 1. The molecule has 1 atom stereocenters. The number of nitrogens with zero attached hydrogens (tertiary/aromatic N) is 2. The van der Waals surface area contributed by atoms with Crippen LogP contribution in [0.15, 0.2) is 28.8 Å². The van der Waals surface area contributed by atoms with Crippen LogP contribution in [0.1, 0.15) is 43.1 Å². The van der Waals surface area contributed by atoms with Crippen molar-refractivity contribution in [3.8, 4) is 0 Å². The first-order chi connectivity index (χ1) is 9.76. The van der Waals surface area contributed by atoms with Crippen molar-refractivity contribution in [2.24, 2.45) is 5.92 Å². The fourth-order valence-corrected chi connectivity index (χ4v) is 2.27. The second-order valence-corrected chi connectivity index (χ2v) is 5.18. The van der Waals surface area contributed by atoms with Crippen LogP contribution >= 0.6 is 0 Å². The lowest BCUT2D eigenvalue weighted by molar-refractivity contribution is 0.0384. The van der Waals surface area contributed by atoms with E-state index in [1.165, 1.54) is 12.8 Å². The van der Waals surface area contributed by atoms with Gasteiger partial charge < -0.3 is 15.0 Å². The monoisotopic (exact) mass is 273 g/mol. The minimum atomic E-state index is -0.0103. The Labute approximate surface area is 118 Å².